The number of halogens is 1. The van der Waals surface area contributed by atoms with E-state index in [1.165, 1.54) is 0 Å². The number of piperidine rings is 1. The highest BCUT2D eigenvalue weighted by atomic mass is 19.1. The summed E-state index contributed by atoms with van der Waals surface area (Å²) in [4.78, 5) is 17.0. The van der Waals surface area contributed by atoms with E-state index in [1.54, 1.807) is 6.20 Å². The number of carbonyl (C=O) groups excluding carboxylic acids is 1. The summed E-state index contributed by atoms with van der Waals surface area (Å²) < 4.78 is 21.9. The first-order valence-corrected chi connectivity index (χ1v) is 12.5. The Morgan fingerprint density at radius 2 is 2.09 bits per heavy atom. The summed E-state index contributed by atoms with van der Waals surface area (Å²) in [5, 5.41) is 21.4. The number of anilines is 2. The van der Waals surface area contributed by atoms with Gasteiger partial charge in [-0.05, 0) is 64.6 Å². The molecule has 3 atom stereocenters. The molecule has 0 unspecified atom stereocenters. The van der Waals surface area contributed by atoms with E-state index in [4.69, 9.17) is 9.72 Å². The number of hydrogen-bond donors (Lipinski definition) is 4. The molecule has 3 fully saturated rings. The average Bonchev–Trinajstić information content (AvgIpc) is 3.23. The van der Waals surface area contributed by atoms with E-state index in [0.717, 1.165) is 55.7 Å². The van der Waals surface area contributed by atoms with E-state index in [2.05, 4.69) is 31.2 Å². The molecule has 3 aromatic heterocycles. The number of fused-ring (bicyclic) bond motifs is 1. The molecule has 1 aliphatic heterocycles. The summed E-state index contributed by atoms with van der Waals surface area (Å²) in [6.07, 6.45) is 5.92. The summed E-state index contributed by atoms with van der Waals surface area (Å²) in [6.45, 7) is 3.93. The van der Waals surface area contributed by atoms with Crippen molar-refractivity contribution in [3.05, 3.63) is 35.9 Å². The van der Waals surface area contributed by atoms with Crippen molar-refractivity contribution in [2.24, 2.45) is 0 Å². The summed E-state index contributed by atoms with van der Waals surface area (Å²) in [7, 11) is 0. The molecule has 3 aliphatic rings. The third kappa shape index (κ3) is 4.69. The summed E-state index contributed by atoms with van der Waals surface area (Å²) in [5.41, 5.74) is 2.50. The van der Waals surface area contributed by atoms with Gasteiger partial charge in [-0.15, -0.1) is 0 Å². The van der Waals surface area contributed by atoms with Gasteiger partial charge in [0.15, 0.2) is 11.6 Å². The molecule has 4 N–H and O–H groups in total. The first-order chi connectivity index (χ1) is 17.0. The maximum Gasteiger partial charge on any atom is 0.407 e. The highest BCUT2D eigenvalue weighted by Crippen LogP contribution is 2.39. The molecule has 0 bridgehead atoms. The Balaban J connectivity index is 1.14. The number of alkyl carbamates (subject to hydrolysis) is 1. The Hall–Kier alpha value is -3.21. The van der Waals surface area contributed by atoms with Gasteiger partial charge in [-0.1, -0.05) is 0 Å². The van der Waals surface area contributed by atoms with Crippen molar-refractivity contribution in [1.82, 2.24) is 35.4 Å². The topological polar surface area (TPSA) is 121 Å². The predicted molar refractivity (Wildman–Crippen MR) is 128 cm³/mol. The lowest BCUT2D eigenvalue weighted by Crippen LogP contribution is -2.38. The number of aromatic nitrogens is 5. The van der Waals surface area contributed by atoms with Crippen molar-refractivity contribution in [2.45, 2.75) is 75.1 Å². The quantitative estimate of drug-likeness (QED) is 0.424. The molecular weight excluding hydrogens is 451 g/mol. The Bertz CT molecular complexity index is 1220. The highest BCUT2D eigenvalue weighted by Gasteiger charge is 2.42. The van der Waals surface area contributed by atoms with E-state index < -0.39 is 18.4 Å². The van der Waals surface area contributed by atoms with Crippen LogP contribution in [0.15, 0.2) is 24.5 Å². The van der Waals surface area contributed by atoms with Gasteiger partial charge in [0.25, 0.3) is 0 Å². The smallest absolute Gasteiger partial charge is 0.407 e. The van der Waals surface area contributed by atoms with E-state index in [-0.39, 0.29) is 17.9 Å². The molecule has 4 heterocycles. The number of nitrogens with zero attached hydrogens (tertiary/aromatic N) is 4. The van der Waals surface area contributed by atoms with Gasteiger partial charge in [0.2, 0.25) is 0 Å². The molecule has 35 heavy (non-hydrogen) atoms. The molecule has 2 saturated carbocycles. The number of amides is 1. The summed E-state index contributed by atoms with van der Waals surface area (Å²) in [5.74, 6) is 1.58. The minimum atomic E-state index is -1.20. The lowest BCUT2D eigenvalue weighted by atomic mass is 9.95. The highest BCUT2D eigenvalue weighted by molar-refractivity contribution is 5.72. The molecule has 11 heteroatoms. The molecule has 0 spiro atoms. The molecule has 0 radical (unpaired) electrons. The Morgan fingerprint density at radius 3 is 2.89 bits per heavy atom. The third-order valence-electron chi connectivity index (χ3n) is 7.54. The van der Waals surface area contributed by atoms with E-state index >= 15 is 0 Å². The zero-order chi connectivity index (χ0) is 24.0. The fraction of sp³-hybridized carbons (Fsp3) is 0.583. The van der Waals surface area contributed by atoms with Gasteiger partial charge in [0, 0.05) is 29.1 Å². The fourth-order valence-electron chi connectivity index (χ4n) is 5.13. The van der Waals surface area contributed by atoms with Gasteiger partial charge in [0.05, 0.1) is 18.1 Å². The lowest BCUT2D eigenvalue weighted by Gasteiger charge is -2.22. The van der Waals surface area contributed by atoms with Crippen LogP contribution in [0.2, 0.25) is 0 Å². The Labute approximate surface area is 202 Å². The van der Waals surface area contributed by atoms with Crippen LogP contribution in [0.5, 0.6) is 0 Å². The summed E-state index contributed by atoms with van der Waals surface area (Å²) in [6, 6.07) is 3.80. The molecule has 1 saturated heterocycles. The standard InChI is InChI=1S/C24H31FN8O2/c1-24(5-6-24)30-23(34)35-20-11-15(10-16(20)25)17-12-21(32-31-17)29-22-19-4-9-27-33(19)13-18(28-22)14-2-7-26-8-3-14/h4,9,12-16,20,26H,2-3,5-8,10-11H2,1H3,(H,30,34)(H2,28,29,31,32)/t15-,16+,20-/m0/s1. The molecule has 0 aromatic carbocycles. The molecule has 186 valence electrons. The lowest BCUT2D eigenvalue weighted by molar-refractivity contribution is 0.0583. The van der Waals surface area contributed by atoms with Crippen molar-refractivity contribution in [1.29, 1.82) is 0 Å². The molecule has 2 aliphatic carbocycles. The number of ether oxygens (including phenoxy) is 1. The number of rotatable bonds is 6. The second-order valence-corrected chi connectivity index (χ2v) is 10.3. The second kappa shape index (κ2) is 8.78. The van der Waals surface area contributed by atoms with Crippen LogP contribution >= 0.6 is 0 Å². The van der Waals surface area contributed by atoms with Crippen molar-refractivity contribution in [2.75, 3.05) is 18.4 Å². The number of alkyl halides is 1. The molecule has 10 nitrogen and oxygen atoms in total. The normalized spacial score (nSPS) is 26.1. The molecule has 3 aromatic rings. The minimum absolute atomic E-state index is 0.105. The van der Waals surface area contributed by atoms with Crippen molar-refractivity contribution in [3.63, 3.8) is 0 Å². The number of aromatic amines is 1. The van der Waals surface area contributed by atoms with Gasteiger partial charge in [-0.3, -0.25) is 5.10 Å². The van der Waals surface area contributed by atoms with Crippen molar-refractivity contribution >= 4 is 23.2 Å². The number of hydrogen-bond acceptors (Lipinski definition) is 7. The third-order valence-corrected chi connectivity index (χ3v) is 7.54. The van der Waals surface area contributed by atoms with Crippen molar-refractivity contribution < 1.29 is 13.9 Å². The maximum atomic E-state index is 14.7. The van der Waals surface area contributed by atoms with Crippen LogP contribution in [0.1, 0.15) is 68.7 Å². The molecule has 6 rings (SSSR count). The van der Waals surface area contributed by atoms with Gasteiger partial charge in [0.1, 0.15) is 17.8 Å². The zero-order valence-corrected chi connectivity index (χ0v) is 19.8. The predicted octanol–water partition coefficient (Wildman–Crippen LogP) is 3.53. The number of H-pyrrole nitrogens is 1. The van der Waals surface area contributed by atoms with E-state index in [1.807, 2.05) is 29.8 Å². The van der Waals surface area contributed by atoms with Crippen LogP contribution in [0.3, 0.4) is 0 Å². The van der Waals surface area contributed by atoms with Crippen LogP contribution in [-0.2, 0) is 4.74 Å². The monoisotopic (exact) mass is 482 g/mol. The first kappa shape index (κ1) is 22.3. The average molecular weight is 483 g/mol. The number of nitrogens with one attached hydrogen (secondary N) is 4. The van der Waals surface area contributed by atoms with E-state index in [9.17, 15) is 9.18 Å². The van der Waals surface area contributed by atoms with Crippen molar-refractivity contribution in [3.8, 4) is 0 Å². The first-order valence-electron chi connectivity index (χ1n) is 12.5. The molecule has 1 amide bonds. The largest absolute Gasteiger partial charge is 0.443 e. The molecular formula is C24H31FN8O2. The zero-order valence-electron chi connectivity index (χ0n) is 19.8. The van der Waals surface area contributed by atoms with Crippen LogP contribution in [-0.4, -0.2) is 61.8 Å². The number of carbonyl (C=O) groups is 1. The van der Waals surface area contributed by atoms with E-state index in [0.29, 0.717) is 24.0 Å². The summed E-state index contributed by atoms with van der Waals surface area (Å²) >= 11 is 0. The second-order valence-electron chi connectivity index (χ2n) is 10.3. The van der Waals surface area contributed by atoms with Gasteiger partial charge >= 0.3 is 6.09 Å². The Kier molecular flexibility index (Phi) is 5.58. The van der Waals surface area contributed by atoms with Crippen LogP contribution in [0, 0.1) is 0 Å². The van der Waals surface area contributed by atoms with Gasteiger partial charge < -0.3 is 20.7 Å². The van der Waals surface area contributed by atoms with Crippen LogP contribution in [0.25, 0.3) is 5.52 Å². The van der Waals surface area contributed by atoms with Crippen LogP contribution < -0.4 is 16.0 Å². The van der Waals surface area contributed by atoms with Gasteiger partial charge in [-0.25, -0.2) is 18.7 Å². The van der Waals surface area contributed by atoms with Crippen LogP contribution in [0.4, 0.5) is 20.8 Å². The SMILES string of the molecule is CC1(NC(=O)O[C@H]2C[C@@H](c3cc(Nc4nc(C5CCNCC5)cn5nccc45)n[nH]3)C[C@H]2F)CC1. The van der Waals surface area contributed by atoms with Gasteiger partial charge in [-0.2, -0.15) is 10.2 Å². The Morgan fingerprint density at radius 1 is 1.26 bits per heavy atom. The fourth-order valence-corrected chi connectivity index (χ4v) is 5.13. The maximum absolute atomic E-state index is 14.7. The minimum Gasteiger partial charge on any atom is -0.443 e.